The van der Waals surface area contributed by atoms with Crippen molar-refractivity contribution in [2.45, 2.75) is 25.3 Å². The molecule has 3 nitrogen and oxygen atoms in total. The Morgan fingerprint density at radius 1 is 1.53 bits per heavy atom. The van der Waals surface area contributed by atoms with E-state index in [1.807, 2.05) is 18.2 Å². The number of amides is 1. The zero-order valence-electron chi connectivity index (χ0n) is 11.0. The molecule has 1 aliphatic heterocycles. The van der Waals surface area contributed by atoms with E-state index < -0.39 is 0 Å². The fourth-order valence-corrected chi connectivity index (χ4v) is 3.30. The molecule has 5 heteroatoms. The molecule has 0 spiro atoms. The fraction of sp³-hybridized carbons (Fsp3) is 0.500. The number of nitrogens with one attached hydrogen (secondary N) is 1. The van der Waals surface area contributed by atoms with E-state index in [1.165, 1.54) is 19.3 Å². The Balaban J connectivity index is 1.95. The molecule has 1 aliphatic rings. The molecule has 0 aliphatic carbocycles. The Labute approximate surface area is 136 Å². The molecule has 104 valence electrons. The highest BCUT2D eigenvalue weighted by molar-refractivity contribution is 14.1. The van der Waals surface area contributed by atoms with Crippen molar-refractivity contribution in [1.82, 2.24) is 10.2 Å². The molecule has 1 atom stereocenters. The number of carbonyl (C=O) groups excluding carboxylic acids is 1. The number of benzene rings is 1. The van der Waals surface area contributed by atoms with Crippen molar-refractivity contribution >= 4 is 44.4 Å². The zero-order chi connectivity index (χ0) is 13.8. The van der Waals surface area contributed by atoms with Crippen LogP contribution < -0.4 is 5.32 Å². The van der Waals surface area contributed by atoms with E-state index in [9.17, 15) is 4.79 Å². The van der Waals surface area contributed by atoms with Crippen molar-refractivity contribution in [2.24, 2.45) is 0 Å². The van der Waals surface area contributed by atoms with Crippen LogP contribution in [0.1, 0.15) is 29.6 Å². The van der Waals surface area contributed by atoms with Gasteiger partial charge in [0.25, 0.3) is 5.91 Å². The molecule has 1 unspecified atom stereocenters. The van der Waals surface area contributed by atoms with Gasteiger partial charge in [-0.25, -0.2) is 0 Å². The minimum atomic E-state index is 0.00404. The van der Waals surface area contributed by atoms with Gasteiger partial charge in [0.2, 0.25) is 0 Å². The monoisotopic (exact) mass is 436 g/mol. The normalized spacial score (nSPS) is 20.3. The summed E-state index contributed by atoms with van der Waals surface area (Å²) in [6, 6.07) is 6.28. The molecular formula is C14H18BrIN2O. The maximum Gasteiger partial charge on any atom is 0.252 e. The SMILES string of the molecule is CN1CCCCC1CNC(=O)c1cc(I)ccc1Br. The van der Waals surface area contributed by atoms with Gasteiger partial charge in [0.1, 0.15) is 0 Å². The maximum absolute atomic E-state index is 12.2. The zero-order valence-corrected chi connectivity index (χ0v) is 14.7. The molecule has 0 bridgehead atoms. The first kappa shape index (κ1) is 15.3. The van der Waals surface area contributed by atoms with Crippen LogP contribution in [0, 0.1) is 3.57 Å². The van der Waals surface area contributed by atoms with E-state index in [2.05, 4.69) is 55.8 Å². The minimum absolute atomic E-state index is 0.00404. The lowest BCUT2D eigenvalue weighted by Gasteiger charge is -2.32. The van der Waals surface area contributed by atoms with Crippen molar-refractivity contribution in [3.8, 4) is 0 Å². The molecule has 1 N–H and O–H groups in total. The third-order valence-corrected chi connectivity index (χ3v) is 4.96. The lowest BCUT2D eigenvalue weighted by molar-refractivity contribution is 0.0927. The van der Waals surface area contributed by atoms with Gasteiger partial charge in [-0.3, -0.25) is 4.79 Å². The summed E-state index contributed by atoms with van der Waals surface area (Å²) in [4.78, 5) is 14.5. The van der Waals surface area contributed by atoms with Gasteiger partial charge in [0.15, 0.2) is 0 Å². The first-order chi connectivity index (χ1) is 9.08. The second-order valence-electron chi connectivity index (χ2n) is 4.96. The minimum Gasteiger partial charge on any atom is -0.350 e. The lowest BCUT2D eigenvalue weighted by atomic mass is 10.0. The first-order valence-electron chi connectivity index (χ1n) is 6.51. The summed E-state index contributed by atoms with van der Waals surface area (Å²) >= 11 is 5.66. The Morgan fingerprint density at radius 3 is 3.05 bits per heavy atom. The topological polar surface area (TPSA) is 32.3 Å². The molecule has 1 amide bonds. The number of likely N-dealkylation sites (N-methyl/N-ethyl adjacent to an activating group) is 1. The van der Waals surface area contributed by atoms with Gasteiger partial charge < -0.3 is 10.2 Å². The predicted octanol–water partition coefficient (Wildman–Crippen LogP) is 3.27. The van der Waals surface area contributed by atoms with Gasteiger partial charge in [-0.15, -0.1) is 0 Å². The molecule has 0 saturated carbocycles. The van der Waals surface area contributed by atoms with Crippen LogP contribution >= 0.6 is 38.5 Å². The smallest absolute Gasteiger partial charge is 0.252 e. The number of likely N-dealkylation sites (tertiary alicyclic amines) is 1. The van der Waals surface area contributed by atoms with Crippen LogP contribution in [0.25, 0.3) is 0 Å². The highest BCUT2D eigenvalue weighted by atomic mass is 127. The van der Waals surface area contributed by atoms with E-state index >= 15 is 0 Å². The third kappa shape index (κ3) is 4.16. The summed E-state index contributed by atoms with van der Waals surface area (Å²) in [6.45, 7) is 1.86. The van der Waals surface area contributed by atoms with Crippen molar-refractivity contribution in [1.29, 1.82) is 0 Å². The highest BCUT2D eigenvalue weighted by Crippen LogP contribution is 2.20. The lowest BCUT2D eigenvalue weighted by Crippen LogP contribution is -2.44. The average molecular weight is 437 g/mol. The van der Waals surface area contributed by atoms with Crippen LogP contribution in [0.5, 0.6) is 0 Å². The van der Waals surface area contributed by atoms with Crippen LogP contribution in [-0.2, 0) is 0 Å². The van der Waals surface area contributed by atoms with E-state index in [4.69, 9.17) is 0 Å². The van der Waals surface area contributed by atoms with Gasteiger partial charge >= 0.3 is 0 Å². The largest absolute Gasteiger partial charge is 0.350 e. The van der Waals surface area contributed by atoms with E-state index in [0.29, 0.717) is 11.6 Å². The molecule has 1 aromatic rings. The summed E-state index contributed by atoms with van der Waals surface area (Å²) in [5.41, 5.74) is 0.713. The molecule has 2 rings (SSSR count). The van der Waals surface area contributed by atoms with Gasteiger partial charge in [-0.1, -0.05) is 6.42 Å². The van der Waals surface area contributed by atoms with Crippen LogP contribution in [0.2, 0.25) is 0 Å². The van der Waals surface area contributed by atoms with Crippen LogP contribution in [-0.4, -0.2) is 37.0 Å². The van der Waals surface area contributed by atoms with Crippen molar-refractivity contribution in [2.75, 3.05) is 20.1 Å². The van der Waals surface area contributed by atoms with Crippen LogP contribution in [0.15, 0.2) is 22.7 Å². The average Bonchev–Trinajstić information content (AvgIpc) is 2.40. The number of rotatable bonds is 3. The maximum atomic E-state index is 12.2. The standard InChI is InChI=1S/C14H18BrIN2O/c1-18-7-3-2-4-11(18)9-17-14(19)12-8-10(16)5-6-13(12)15/h5-6,8,11H,2-4,7,9H2,1H3,(H,17,19). The second kappa shape index (κ2) is 7.04. The van der Waals surface area contributed by atoms with Gasteiger partial charge in [0, 0.05) is 20.6 Å². The summed E-state index contributed by atoms with van der Waals surface area (Å²) in [6.07, 6.45) is 3.70. The summed E-state index contributed by atoms with van der Waals surface area (Å²) in [5, 5.41) is 3.05. The molecule has 1 aromatic carbocycles. The first-order valence-corrected chi connectivity index (χ1v) is 8.38. The molecule has 0 aromatic heterocycles. The van der Waals surface area contributed by atoms with E-state index in [-0.39, 0.29) is 5.91 Å². The number of halogens is 2. The Morgan fingerprint density at radius 2 is 2.32 bits per heavy atom. The third-order valence-electron chi connectivity index (χ3n) is 3.59. The van der Waals surface area contributed by atoms with E-state index in [0.717, 1.165) is 21.1 Å². The summed E-state index contributed by atoms with van der Waals surface area (Å²) in [5.74, 6) is 0.00404. The van der Waals surface area contributed by atoms with Gasteiger partial charge in [-0.05, 0) is 83.2 Å². The summed E-state index contributed by atoms with van der Waals surface area (Å²) < 4.78 is 1.92. The number of nitrogens with zero attached hydrogens (tertiary/aromatic N) is 1. The molecule has 1 fully saturated rings. The summed E-state index contributed by atoms with van der Waals surface area (Å²) in [7, 11) is 2.14. The molecule has 19 heavy (non-hydrogen) atoms. The predicted molar refractivity (Wildman–Crippen MR) is 89.5 cm³/mol. The fourth-order valence-electron chi connectivity index (χ4n) is 2.38. The highest BCUT2D eigenvalue weighted by Gasteiger charge is 2.20. The quantitative estimate of drug-likeness (QED) is 0.737. The van der Waals surface area contributed by atoms with Crippen molar-refractivity contribution in [3.05, 3.63) is 31.8 Å². The molecule has 1 heterocycles. The van der Waals surface area contributed by atoms with Crippen LogP contribution in [0.4, 0.5) is 0 Å². The number of piperidine rings is 1. The van der Waals surface area contributed by atoms with Crippen LogP contribution in [0.3, 0.4) is 0 Å². The van der Waals surface area contributed by atoms with Gasteiger partial charge in [0.05, 0.1) is 5.56 Å². The van der Waals surface area contributed by atoms with E-state index in [1.54, 1.807) is 0 Å². The Kier molecular flexibility index (Phi) is 5.65. The number of hydrogen-bond donors (Lipinski definition) is 1. The Bertz CT molecular complexity index is 467. The number of carbonyl (C=O) groups is 1. The molecule has 1 saturated heterocycles. The molecular weight excluding hydrogens is 419 g/mol. The Hall–Kier alpha value is -0.140. The number of hydrogen-bond acceptors (Lipinski definition) is 2. The van der Waals surface area contributed by atoms with Crippen molar-refractivity contribution < 1.29 is 4.79 Å². The second-order valence-corrected chi connectivity index (χ2v) is 7.06. The molecule has 0 radical (unpaired) electrons. The van der Waals surface area contributed by atoms with Gasteiger partial charge in [-0.2, -0.15) is 0 Å². The van der Waals surface area contributed by atoms with Crippen molar-refractivity contribution in [3.63, 3.8) is 0 Å².